The lowest BCUT2D eigenvalue weighted by atomic mass is 9.98. The molecule has 3 nitrogen and oxygen atoms in total. The van der Waals surface area contributed by atoms with Crippen LogP contribution >= 0.6 is 23.1 Å². The number of hydrogen-bond donors (Lipinski definition) is 0. The number of nitrogens with zero attached hydrogens (tertiary/aromatic N) is 1. The molecule has 25 heavy (non-hydrogen) atoms. The highest BCUT2D eigenvalue weighted by Crippen LogP contribution is 2.34. The van der Waals surface area contributed by atoms with Crippen LogP contribution in [0.3, 0.4) is 0 Å². The van der Waals surface area contributed by atoms with Crippen LogP contribution in [0.5, 0.6) is 0 Å². The molecule has 140 valence electrons. The molecule has 2 rings (SSSR count). The normalized spacial score (nSPS) is 15.7. The van der Waals surface area contributed by atoms with Crippen LogP contribution in [0, 0.1) is 0 Å². The van der Waals surface area contributed by atoms with Gasteiger partial charge >= 0.3 is 0 Å². The Morgan fingerprint density at radius 1 is 1.44 bits per heavy atom. The van der Waals surface area contributed by atoms with E-state index in [1.807, 2.05) is 18.1 Å². The molecule has 1 aromatic heterocycles. The zero-order valence-electron chi connectivity index (χ0n) is 15.8. The van der Waals surface area contributed by atoms with Gasteiger partial charge in [0.25, 0.3) is 0 Å². The zero-order valence-corrected chi connectivity index (χ0v) is 17.4. The maximum Gasteiger partial charge on any atom is 0.226 e. The number of thiophene rings is 1. The van der Waals surface area contributed by atoms with Crippen LogP contribution < -0.4 is 4.90 Å². The second-order valence-corrected chi connectivity index (χ2v) is 8.29. The first-order chi connectivity index (χ1) is 12.2. The molecule has 0 aromatic carbocycles. The maximum atomic E-state index is 12.4. The van der Waals surface area contributed by atoms with Crippen molar-refractivity contribution in [2.75, 3.05) is 23.6 Å². The number of rotatable bonds is 10. The van der Waals surface area contributed by atoms with Crippen molar-refractivity contribution in [2.45, 2.75) is 64.9 Å². The maximum absolute atomic E-state index is 12.4. The Balaban J connectivity index is 1.96. The van der Waals surface area contributed by atoms with Crippen LogP contribution in [0.4, 0.5) is 5.69 Å². The smallest absolute Gasteiger partial charge is 0.226 e. The molecule has 1 atom stereocenters. The van der Waals surface area contributed by atoms with Gasteiger partial charge in [0.05, 0.1) is 17.7 Å². The molecule has 1 heterocycles. The summed E-state index contributed by atoms with van der Waals surface area (Å²) in [7, 11) is 0. The molecule has 1 aliphatic carbocycles. The van der Waals surface area contributed by atoms with Crippen molar-refractivity contribution >= 4 is 40.3 Å². The fraction of sp³-hybridized carbons (Fsp3) is 0.650. The molecule has 5 heteroatoms. The first-order valence-corrected chi connectivity index (χ1v) is 11.6. The van der Waals surface area contributed by atoms with E-state index in [-0.39, 0.29) is 12.0 Å². The molecule has 1 unspecified atom stereocenters. The Hall–Kier alpha value is -0.780. The molecule has 1 amide bonds. The summed E-state index contributed by atoms with van der Waals surface area (Å²) in [6.07, 6.45) is 12.1. The van der Waals surface area contributed by atoms with Crippen molar-refractivity contribution in [1.82, 2.24) is 0 Å². The van der Waals surface area contributed by atoms with Gasteiger partial charge in [-0.15, -0.1) is 23.1 Å². The van der Waals surface area contributed by atoms with E-state index in [1.165, 1.54) is 36.1 Å². The van der Waals surface area contributed by atoms with Gasteiger partial charge in [-0.2, -0.15) is 0 Å². The minimum atomic E-state index is 0.208. The predicted molar refractivity (Wildman–Crippen MR) is 112 cm³/mol. The van der Waals surface area contributed by atoms with Crippen molar-refractivity contribution < 1.29 is 9.53 Å². The van der Waals surface area contributed by atoms with Crippen molar-refractivity contribution in [3.8, 4) is 0 Å². The van der Waals surface area contributed by atoms with Crippen LogP contribution in [0.15, 0.2) is 17.5 Å². The van der Waals surface area contributed by atoms with Crippen LogP contribution in [0.25, 0.3) is 5.57 Å². The average molecular weight is 382 g/mol. The number of ether oxygens (including phenoxy) is 1. The number of anilines is 1. The molecule has 0 radical (unpaired) electrons. The summed E-state index contributed by atoms with van der Waals surface area (Å²) in [5.41, 5.74) is 2.53. The first-order valence-electron chi connectivity index (χ1n) is 9.34. The number of carbonyl (C=O) groups excluding carboxylic acids is 1. The van der Waals surface area contributed by atoms with Gasteiger partial charge in [-0.1, -0.05) is 13.0 Å². The lowest BCUT2D eigenvalue weighted by Crippen LogP contribution is -2.31. The van der Waals surface area contributed by atoms with Gasteiger partial charge < -0.3 is 9.64 Å². The summed E-state index contributed by atoms with van der Waals surface area (Å²) in [6.45, 7) is 4.83. The highest BCUT2D eigenvalue weighted by atomic mass is 32.2. The molecule has 0 bridgehead atoms. The fourth-order valence-electron chi connectivity index (χ4n) is 3.09. The summed E-state index contributed by atoms with van der Waals surface area (Å²) in [4.78, 5) is 15.7. The third kappa shape index (κ3) is 6.46. The van der Waals surface area contributed by atoms with Crippen LogP contribution in [0.2, 0.25) is 0 Å². The van der Waals surface area contributed by atoms with Gasteiger partial charge in [0, 0.05) is 23.2 Å². The minimum Gasteiger partial charge on any atom is -0.368 e. The van der Waals surface area contributed by atoms with E-state index in [0.717, 1.165) is 31.0 Å². The van der Waals surface area contributed by atoms with E-state index < -0.39 is 0 Å². The highest BCUT2D eigenvalue weighted by Gasteiger charge is 2.17. The minimum absolute atomic E-state index is 0.208. The number of hydrogen-bond acceptors (Lipinski definition) is 4. The fourth-order valence-corrected chi connectivity index (χ4v) is 4.43. The second-order valence-electron chi connectivity index (χ2n) is 6.57. The molecule has 0 saturated heterocycles. The van der Waals surface area contributed by atoms with Gasteiger partial charge in [0.15, 0.2) is 0 Å². The van der Waals surface area contributed by atoms with E-state index >= 15 is 0 Å². The van der Waals surface area contributed by atoms with E-state index in [9.17, 15) is 4.79 Å². The van der Waals surface area contributed by atoms with Crippen LogP contribution in [0.1, 0.15) is 63.7 Å². The number of amides is 1. The Labute approximate surface area is 160 Å². The Morgan fingerprint density at radius 2 is 2.28 bits per heavy atom. The second kappa shape index (κ2) is 11.0. The Morgan fingerprint density at radius 3 is 2.96 bits per heavy atom. The van der Waals surface area contributed by atoms with E-state index in [0.29, 0.717) is 6.42 Å². The van der Waals surface area contributed by atoms with Crippen LogP contribution in [-0.2, 0) is 9.53 Å². The van der Waals surface area contributed by atoms with Crippen molar-refractivity contribution in [3.05, 3.63) is 22.4 Å². The van der Waals surface area contributed by atoms with Crippen LogP contribution in [-0.4, -0.2) is 30.8 Å². The van der Waals surface area contributed by atoms with Gasteiger partial charge in [-0.25, -0.2) is 0 Å². The molecule has 0 fully saturated rings. The summed E-state index contributed by atoms with van der Waals surface area (Å²) in [5, 5.41) is 2.14. The van der Waals surface area contributed by atoms with Gasteiger partial charge in [0.2, 0.25) is 5.91 Å². The molecule has 0 aliphatic heterocycles. The van der Waals surface area contributed by atoms with E-state index in [4.69, 9.17) is 4.74 Å². The lowest BCUT2D eigenvalue weighted by molar-refractivity contribution is -0.118. The summed E-state index contributed by atoms with van der Waals surface area (Å²) < 4.78 is 5.70. The number of thioether (sulfide) groups is 1. The molecule has 0 spiro atoms. The molecule has 1 aliphatic rings. The first kappa shape index (κ1) is 20.5. The monoisotopic (exact) mass is 381 g/mol. The SMILES string of the molecule is CCC(=O)N(CCCC(C)OCSC)c1csc(C2=CCCCC2)c1. The Bertz CT molecular complexity index is 568. The number of carbonyl (C=O) groups is 1. The third-order valence-electron chi connectivity index (χ3n) is 4.57. The standard InChI is InChI=1S/C20H31NO2S2/c1-4-20(22)21(12-8-9-16(2)23-15-24-3)18-13-19(25-14-18)17-10-6-5-7-11-17/h10,13-14,16H,4-9,11-12,15H2,1-3H3. The van der Waals surface area contributed by atoms with E-state index in [1.54, 1.807) is 23.1 Å². The quantitative estimate of drug-likeness (QED) is 0.469. The van der Waals surface area contributed by atoms with Gasteiger partial charge in [-0.3, -0.25) is 4.79 Å². The average Bonchev–Trinajstić information content (AvgIpc) is 3.13. The summed E-state index contributed by atoms with van der Waals surface area (Å²) >= 11 is 3.47. The topological polar surface area (TPSA) is 29.5 Å². The van der Waals surface area contributed by atoms with E-state index in [2.05, 4.69) is 24.4 Å². The van der Waals surface area contributed by atoms with Crippen molar-refractivity contribution in [1.29, 1.82) is 0 Å². The predicted octanol–water partition coefficient (Wildman–Crippen LogP) is 5.95. The molecular weight excluding hydrogens is 350 g/mol. The largest absolute Gasteiger partial charge is 0.368 e. The molecule has 0 saturated carbocycles. The van der Waals surface area contributed by atoms with Crippen molar-refractivity contribution in [2.24, 2.45) is 0 Å². The highest BCUT2D eigenvalue weighted by molar-refractivity contribution is 7.98. The summed E-state index contributed by atoms with van der Waals surface area (Å²) in [5.74, 6) is 0.946. The van der Waals surface area contributed by atoms with Gasteiger partial charge in [0.1, 0.15) is 0 Å². The van der Waals surface area contributed by atoms with Crippen molar-refractivity contribution in [3.63, 3.8) is 0 Å². The molecular formula is C20H31NO2S2. The van der Waals surface area contributed by atoms with Gasteiger partial charge in [-0.05, 0) is 63.3 Å². The molecule has 1 aromatic rings. The lowest BCUT2D eigenvalue weighted by Gasteiger charge is -2.22. The third-order valence-corrected chi connectivity index (χ3v) is 5.94. The molecule has 0 N–H and O–H groups in total. The zero-order chi connectivity index (χ0) is 18.1. The Kier molecular flexibility index (Phi) is 9.07. The summed E-state index contributed by atoms with van der Waals surface area (Å²) in [6, 6.07) is 2.21. The number of allylic oxidation sites excluding steroid dienone is 2.